The van der Waals surface area contributed by atoms with E-state index in [2.05, 4.69) is 11.1 Å². The van der Waals surface area contributed by atoms with Crippen LogP contribution in [-0.2, 0) is 6.42 Å². The zero-order valence-corrected chi connectivity index (χ0v) is 10.8. The van der Waals surface area contributed by atoms with Crippen LogP contribution in [0.4, 0.5) is 5.82 Å². The van der Waals surface area contributed by atoms with Crippen LogP contribution in [0.1, 0.15) is 36.3 Å². The SMILES string of the molecule is CCc1cc(C(=O)O)cc(N(C)C(C)CC#N)n1. The van der Waals surface area contributed by atoms with Crippen molar-refractivity contribution >= 4 is 11.8 Å². The van der Waals surface area contributed by atoms with Crippen molar-refractivity contribution in [1.82, 2.24) is 4.98 Å². The third-order valence-electron chi connectivity index (χ3n) is 2.88. The van der Waals surface area contributed by atoms with Crippen LogP contribution in [0.2, 0.25) is 0 Å². The highest BCUT2D eigenvalue weighted by Crippen LogP contribution is 2.17. The van der Waals surface area contributed by atoms with Gasteiger partial charge in [0.25, 0.3) is 0 Å². The fraction of sp³-hybridized carbons (Fsp3) is 0.462. The summed E-state index contributed by atoms with van der Waals surface area (Å²) in [5.74, 6) is -0.371. The Bertz CT molecular complexity index is 480. The van der Waals surface area contributed by atoms with Crippen molar-refractivity contribution in [3.8, 4) is 6.07 Å². The molecule has 0 saturated heterocycles. The Balaban J connectivity index is 3.11. The van der Waals surface area contributed by atoms with Gasteiger partial charge in [-0.1, -0.05) is 6.92 Å². The highest BCUT2D eigenvalue weighted by molar-refractivity contribution is 5.88. The second-order valence-electron chi connectivity index (χ2n) is 4.19. The maximum absolute atomic E-state index is 11.0. The van der Waals surface area contributed by atoms with E-state index in [9.17, 15) is 4.79 Å². The molecule has 1 N–H and O–H groups in total. The third kappa shape index (κ3) is 3.20. The summed E-state index contributed by atoms with van der Waals surface area (Å²) < 4.78 is 0. The van der Waals surface area contributed by atoms with E-state index in [4.69, 9.17) is 10.4 Å². The first kappa shape index (κ1) is 14.0. The van der Waals surface area contributed by atoms with Crippen molar-refractivity contribution in [2.24, 2.45) is 0 Å². The fourth-order valence-electron chi connectivity index (χ4n) is 1.55. The highest BCUT2D eigenvalue weighted by Gasteiger charge is 2.14. The molecule has 0 spiro atoms. The van der Waals surface area contributed by atoms with Gasteiger partial charge in [0, 0.05) is 18.8 Å². The van der Waals surface area contributed by atoms with E-state index in [0.29, 0.717) is 18.7 Å². The molecular weight excluding hydrogens is 230 g/mol. The molecule has 18 heavy (non-hydrogen) atoms. The lowest BCUT2D eigenvalue weighted by Gasteiger charge is -2.24. The van der Waals surface area contributed by atoms with Gasteiger partial charge in [-0.05, 0) is 25.5 Å². The molecule has 5 heteroatoms. The van der Waals surface area contributed by atoms with Crippen LogP contribution in [0, 0.1) is 11.3 Å². The van der Waals surface area contributed by atoms with Crippen LogP contribution in [0.15, 0.2) is 12.1 Å². The van der Waals surface area contributed by atoms with Gasteiger partial charge in [0.2, 0.25) is 0 Å². The van der Waals surface area contributed by atoms with Gasteiger partial charge < -0.3 is 10.0 Å². The highest BCUT2D eigenvalue weighted by atomic mass is 16.4. The number of carboxylic acid groups (broad SMARTS) is 1. The second-order valence-corrected chi connectivity index (χ2v) is 4.19. The number of rotatable bonds is 5. The first-order valence-electron chi connectivity index (χ1n) is 5.83. The van der Waals surface area contributed by atoms with Crippen molar-refractivity contribution in [3.63, 3.8) is 0 Å². The number of hydrogen-bond acceptors (Lipinski definition) is 4. The largest absolute Gasteiger partial charge is 0.478 e. The molecule has 1 aromatic rings. The van der Waals surface area contributed by atoms with Gasteiger partial charge in [0.05, 0.1) is 18.1 Å². The van der Waals surface area contributed by atoms with Crippen molar-refractivity contribution in [1.29, 1.82) is 5.26 Å². The predicted molar refractivity (Wildman–Crippen MR) is 68.7 cm³/mol. The quantitative estimate of drug-likeness (QED) is 0.862. The Morgan fingerprint density at radius 2 is 2.28 bits per heavy atom. The van der Waals surface area contributed by atoms with Crippen molar-refractivity contribution in [2.45, 2.75) is 32.7 Å². The number of aromatic nitrogens is 1. The molecule has 0 fully saturated rings. The van der Waals surface area contributed by atoms with Crippen LogP contribution in [0.5, 0.6) is 0 Å². The summed E-state index contributed by atoms with van der Waals surface area (Å²) in [7, 11) is 1.81. The summed E-state index contributed by atoms with van der Waals surface area (Å²) in [6.45, 7) is 3.83. The smallest absolute Gasteiger partial charge is 0.335 e. The van der Waals surface area contributed by atoms with Gasteiger partial charge >= 0.3 is 5.97 Å². The van der Waals surface area contributed by atoms with Crippen LogP contribution in [-0.4, -0.2) is 29.1 Å². The lowest BCUT2D eigenvalue weighted by molar-refractivity contribution is 0.0696. The average molecular weight is 247 g/mol. The summed E-state index contributed by atoms with van der Waals surface area (Å²) >= 11 is 0. The van der Waals surface area contributed by atoms with Gasteiger partial charge in [0.1, 0.15) is 5.82 Å². The molecule has 96 valence electrons. The fourth-order valence-corrected chi connectivity index (χ4v) is 1.55. The third-order valence-corrected chi connectivity index (χ3v) is 2.88. The molecule has 0 saturated carbocycles. The van der Waals surface area contributed by atoms with Crippen molar-refractivity contribution in [2.75, 3.05) is 11.9 Å². The number of aromatic carboxylic acids is 1. The Kier molecular flexibility index (Phi) is 4.67. The summed E-state index contributed by atoms with van der Waals surface area (Å²) in [6.07, 6.45) is 1.05. The molecule has 0 bridgehead atoms. The van der Waals surface area contributed by atoms with Crippen molar-refractivity contribution < 1.29 is 9.90 Å². The predicted octanol–water partition coefficient (Wildman–Crippen LogP) is 2.08. The topological polar surface area (TPSA) is 77.2 Å². The molecule has 1 heterocycles. The molecule has 0 amide bonds. The zero-order chi connectivity index (χ0) is 13.7. The Morgan fingerprint density at radius 3 is 2.78 bits per heavy atom. The molecule has 0 aliphatic heterocycles. The van der Waals surface area contributed by atoms with E-state index < -0.39 is 5.97 Å². The van der Waals surface area contributed by atoms with Gasteiger partial charge in [-0.2, -0.15) is 5.26 Å². The lowest BCUT2D eigenvalue weighted by Crippen LogP contribution is -2.29. The number of aryl methyl sites for hydroxylation is 1. The monoisotopic (exact) mass is 247 g/mol. The molecule has 1 unspecified atom stereocenters. The van der Waals surface area contributed by atoms with E-state index in [1.54, 1.807) is 6.07 Å². The maximum atomic E-state index is 11.0. The normalized spacial score (nSPS) is 11.7. The summed E-state index contributed by atoms with van der Waals surface area (Å²) in [5, 5.41) is 17.7. The molecule has 0 radical (unpaired) electrons. The number of hydrogen-bond donors (Lipinski definition) is 1. The van der Waals surface area contributed by atoms with Crippen LogP contribution < -0.4 is 4.90 Å². The first-order chi connectivity index (χ1) is 8.49. The van der Waals surface area contributed by atoms with Gasteiger partial charge in [-0.25, -0.2) is 9.78 Å². The minimum Gasteiger partial charge on any atom is -0.478 e. The molecular formula is C13H17N3O2. The summed E-state index contributed by atoms with van der Waals surface area (Å²) in [6, 6.07) is 5.21. The van der Waals surface area contributed by atoms with E-state index in [1.165, 1.54) is 6.07 Å². The average Bonchev–Trinajstić information content (AvgIpc) is 2.37. The standard InChI is InChI=1S/C13H17N3O2/c1-4-11-7-10(13(17)18)8-12(15-11)16(3)9(2)5-6-14/h7-9H,4-5H2,1-3H3,(H,17,18). The molecule has 1 atom stereocenters. The van der Waals surface area contributed by atoms with E-state index >= 15 is 0 Å². The second kappa shape index (κ2) is 6.01. The Hall–Kier alpha value is -2.09. The number of nitriles is 1. The van der Waals surface area contributed by atoms with Crippen LogP contribution in [0.25, 0.3) is 0 Å². The van der Waals surface area contributed by atoms with Crippen molar-refractivity contribution in [3.05, 3.63) is 23.4 Å². The lowest BCUT2D eigenvalue weighted by atomic mass is 10.1. The van der Waals surface area contributed by atoms with Gasteiger partial charge in [-0.3, -0.25) is 0 Å². The minimum atomic E-state index is -0.963. The minimum absolute atomic E-state index is 0.00347. The number of carboxylic acids is 1. The molecule has 5 nitrogen and oxygen atoms in total. The Labute approximate surface area is 107 Å². The van der Waals surface area contributed by atoms with E-state index in [0.717, 1.165) is 5.69 Å². The van der Waals surface area contributed by atoms with Gasteiger partial charge in [0.15, 0.2) is 0 Å². The van der Waals surface area contributed by atoms with E-state index in [1.807, 2.05) is 25.8 Å². The molecule has 1 rings (SSSR count). The molecule has 0 aromatic carbocycles. The molecule has 0 aliphatic carbocycles. The van der Waals surface area contributed by atoms with E-state index in [-0.39, 0.29) is 11.6 Å². The first-order valence-corrected chi connectivity index (χ1v) is 5.83. The number of carbonyl (C=O) groups is 1. The molecule has 1 aromatic heterocycles. The Morgan fingerprint density at radius 1 is 1.61 bits per heavy atom. The zero-order valence-electron chi connectivity index (χ0n) is 10.8. The molecule has 0 aliphatic rings. The summed E-state index contributed by atoms with van der Waals surface area (Å²) in [5.41, 5.74) is 0.966. The van der Waals surface area contributed by atoms with Gasteiger partial charge in [-0.15, -0.1) is 0 Å². The number of pyridine rings is 1. The number of nitrogens with zero attached hydrogens (tertiary/aromatic N) is 3. The van der Waals surface area contributed by atoms with Crippen LogP contribution in [0.3, 0.4) is 0 Å². The maximum Gasteiger partial charge on any atom is 0.335 e. The number of anilines is 1. The van der Waals surface area contributed by atoms with Crippen LogP contribution >= 0.6 is 0 Å². The summed E-state index contributed by atoms with van der Waals surface area (Å²) in [4.78, 5) is 17.3.